The molecule has 4 aromatic rings. The van der Waals surface area contributed by atoms with E-state index in [1.807, 2.05) is 0 Å². The van der Waals surface area contributed by atoms with Crippen molar-refractivity contribution in [1.29, 1.82) is 0 Å². The van der Waals surface area contributed by atoms with E-state index in [0.717, 1.165) is 38.0 Å². The number of nitrogens with one attached hydrogen (secondary N) is 1. The molecule has 2 fully saturated rings. The number of nitrogens with two attached hydrogens (primary N) is 1. The molecule has 3 aromatic heterocycles. The van der Waals surface area contributed by atoms with Crippen molar-refractivity contribution in [1.82, 2.24) is 24.9 Å². The Kier molecular flexibility index (Phi) is 5.31. The molecule has 2 unspecified atom stereocenters. The summed E-state index contributed by atoms with van der Waals surface area (Å²) in [5, 5.41) is 7.89. The lowest BCUT2D eigenvalue weighted by molar-refractivity contribution is 0.355. The van der Waals surface area contributed by atoms with Crippen molar-refractivity contribution >= 4 is 21.3 Å². The number of aromatic nitrogens is 4. The highest BCUT2D eigenvalue weighted by molar-refractivity contribution is 7.91. The summed E-state index contributed by atoms with van der Waals surface area (Å²) in [7, 11) is -3.67. The number of pyridine rings is 1. The van der Waals surface area contributed by atoms with Gasteiger partial charge in [0.15, 0.2) is 27.1 Å². The van der Waals surface area contributed by atoms with E-state index in [4.69, 9.17) is 10.7 Å². The maximum atomic E-state index is 14.2. The zero-order chi connectivity index (χ0) is 25.2. The highest BCUT2D eigenvalue weighted by Crippen LogP contribution is 2.41. The summed E-state index contributed by atoms with van der Waals surface area (Å²) in [6.45, 7) is 0. The molecule has 2 aliphatic heterocycles. The molecule has 11 heteroatoms. The molecule has 0 radical (unpaired) electrons. The van der Waals surface area contributed by atoms with Gasteiger partial charge in [0.2, 0.25) is 0 Å². The van der Waals surface area contributed by atoms with Gasteiger partial charge >= 0.3 is 0 Å². The van der Waals surface area contributed by atoms with Gasteiger partial charge in [-0.1, -0.05) is 12.1 Å². The van der Waals surface area contributed by atoms with E-state index in [-0.39, 0.29) is 27.9 Å². The fourth-order valence-corrected chi connectivity index (χ4v) is 6.63. The second-order valence-corrected chi connectivity index (χ2v) is 11.6. The number of sulfone groups is 1. The first-order valence-electron chi connectivity index (χ1n) is 11.7. The van der Waals surface area contributed by atoms with Crippen LogP contribution in [0, 0.1) is 11.6 Å². The molecular formula is C25H24F2N6O2S. The Morgan fingerprint density at radius 1 is 1.06 bits per heavy atom. The number of nitrogen functional groups attached to an aromatic ring is 1. The lowest BCUT2D eigenvalue weighted by Gasteiger charge is -2.30. The van der Waals surface area contributed by atoms with Gasteiger partial charge < -0.3 is 11.1 Å². The predicted octanol–water partition coefficient (Wildman–Crippen LogP) is 3.72. The molecule has 6 rings (SSSR count). The summed E-state index contributed by atoms with van der Waals surface area (Å²) in [5.41, 5.74) is 8.89. The number of fused-ring (bicyclic) bond motifs is 3. The first-order valence-corrected chi connectivity index (χ1v) is 13.6. The summed E-state index contributed by atoms with van der Waals surface area (Å²) in [4.78, 5) is 9.20. The smallest absolute Gasteiger partial charge is 0.180 e. The topological polar surface area (TPSA) is 115 Å². The molecule has 0 saturated carbocycles. The Bertz CT molecular complexity index is 1590. The number of piperidine rings is 1. The number of halogens is 2. The second kappa shape index (κ2) is 8.31. The third-order valence-electron chi connectivity index (χ3n) is 7.20. The van der Waals surface area contributed by atoms with Crippen LogP contribution in [0.1, 0.15) is 37.3 Å². The van der Waals surface area contributed by atoms with Crippen LogP contribution in [0.2, 0.25) is 0 Å². The van der Waals surface area contributed by atoms with Gasteiger partial charge in [-0.2, -0.15) is 9.61 Å². The summed E-state index contributed by atoms with van der Waals surface area (Å²) in [6.07, 6.45) is 7.94. The summed E-state index contributed by atoms with van der Waals surface area (Å²) < 4.78 is 54.8. The normalized spacial score (nSPS) is 21.8. The Morgan fingerprint density at radius 2 is 1.81 bits per heavy atom. The monoisotopic (exact) mass is 510 g/mol. The van der Waals surface area contributed by atoms with Crippen LogP contribution >= 0.6 is 0 Å². The van der Waals surface area contributed by atoms with Crippen molar-refractivity contribution in [2.45, 2.75) is 48.6 Å². The number of benzene rings is 1. The summed E-state index contributed by atoms with van der Waals surface area (Å²) in [5.74, 6) is -1.92. The summed E-state index contributed by atoms with van der Waals surface area (Å²) in [6, 6.07) is 7.93. The molecule has 2 saturated heterocycles. The van der Waals surface area contributed by atoms with Gasteiger partial charge in [0.05, 0.1) is 17.6 Å². The number of rotatable bonds is 4. The van der Waals surface area contributed by atoms with Gasteiger partial charge in [-0.05, 0) is 43.9 Å². The quantitative estimate of drug-likeness (QED) is 0.430. The van der Waals surface area contributed by atoms with Gasteiger partial charge in [0, 0.05) is 47.1 Å². The minimum atomic E-state index is -3.67. The Labute approximate surface area is 206 Å². The molecule has 1 aromatic carbocycles. The highest BCUT2D eigenvalue weighted by atomic mass is 32.2. The third kappa shape index (κ3) is 3.73. The molecule has 2 aliphatic rings. The van der Waals surface area contributed by atoms with Crippen molar-refractivity contribution in [2.24, 2.45) is 0 Å². The van der Waals surface area contributed by atoms with Crippen LogP contribution in [0.5, 0.6) is 0 Å². The van der Waals surface area contributed by atoms with Crippen LogP contribution in [0.3, 0.4) is 0 Å². The van der Waals surface area contributed by atoms with Crippen molar-refractivity contribution in [3.63, 3.8) is 0 Å². The van der Waals surface area contributed by atoms with E-state index in [1.54, 1.807) is 18.3 Å². The zero-order valence-corrected chi connectivity index (χ0v) is 20.3. The maximum Gasteiger partial charge on any atom is 0.180 e. The fraction of sp³-hybridized carbons (Fsp3) is 0.320. The first kappa shape index (κ1) is 23.0. The van der Waals surface area contributed by atoms with Crippen LogP contribution in [0.15, 0.2) is 47.6 Å². The molecule has 186 valence electrons. The number of hydrogen-bond acceptors (Lipinski definition) is 7. The molecule has 3 N–H and O–H groups in total. The van der Waals surface area contributed by atoms with Gasteiger partial charge in [-0.3, -0.25) is 4.98 Å². The van der Waals surface area contributed by atoms with Crippen molar-refractivity contribution in [2.75, 3.05) is 12.0 Å². The van der Waals surface area contributed by atoms with Crippen molar-refractivity contribution < 1.29 is 17.2 Å². The van der Waals surface area contributed by atoms with Crippen LogP contribution in [0.25, 0.3) is 28.0 Å². The molecule has 2 bridgehead atoms. The van der Waals surface area contributed by atoms with Crippen molar-refractivity contribution in [3.05, 3.63) is 60.1 Å². The lowest BCUT2D eigenvalue weighted by Crippen LogP contribution is -2.38. The van der Waals surface area contributed by atoms with Gasteiger partial charge in [-0.15, -0.1) is 0 Å². The standard InChI is InChI=1S/C25H24F2N6O2S/c1-36(34,35)23-22(14-9-15-6-7-16(10-14)31-15)32-25-18(12-30-33(25)24(23)28)13-5-8-20(29-11-13)17-3-2-4-19(26)21(17)27/h2-5,8,11-12,14-16,31H,6-7,9-10,28H2,1H3. The fourth-order valence-electron chi connectivity index (χ4n) is 5.57. The Morgan fingerprint density at radius 3 is 2.47 bits per heavy atom. The minimum Gasteiger partial charge on any atom is -0.382 e. The zero-order valence-electron chi connectivity index (χ0n) is 19.4. The van der Waals surface area contributed by atoms with E-state index in [2.05, 4.69) is 15.4 Å². The average molecular weight is 511 g/mol. The number of nitrogens with zero attached hydrogens (tertiary/aromatic N) is 4. The van der Waals surface area contributed by atoms with Gasteiger partial charge in [-0.25, -0.2) is 22.2 Å². The van der Waals surface area contributed by atoms with Crippen molar-refractivity contribution in [3.8, 4) is 22.4 Å². The van der Waals surface area contributed by atoms with Crippen LogP contribution < -0.4 is 11.1 Å². The lowest BCUT2D eigenvalue weighted by atomic mass is 9.89. The van der Waals surface area contributed by atoms with E-state index in [1.165, 1.54) is 22.8 Å². The van der Waals surface area contributed by atoms with Crippen LogP contribution in [-0.2, 0) is 9.84 Å². The van der Waals surface area contributed by atoms with Gasteiger partial charge in [0.1, 0.15) is 10.7 Å². The first-order chi connectivity index (χ1) is 17.2. The molecular weight excluding hydrogens is 486 g/mol. The summed E-state index contributed by atoms with van der Waals surface area (Å²) >= 11 is 0. The average Bonchev–Trinajstić information content (AvgIpc) is 3.42. The third-order valence-corrected chi connectivity index (χ3v) is 8.36. The Hall–Kier alpha value is -3.44. The van der Waals surface area contributed by atoms with E-state index >= 15 is 0 Å². The van der Waals surface area contributed by atoms with E-state index in [0.29, 0.717) is 34.6 Å². The highest BCUT2D eigenvalue weighted by Gasteiger charge is 2.38. The van der Waals surface area contributed by atoms with E-state index in [9.17, 15) is 17.2 Å². The molecule has 0 amide bonds. The number of anilines is 1. The largest absolute Gasteiger partial charge is 0.382 e. The number of hydrogen-bond donors (Lipinski definition) is 2. The predicted molar refractivity (Wildman–Crippen MR) is 131 cm³/mol. The Balaban J connectivity index is 1.47. The molecule has 0 spiro atoms. The molecule has 2 atom stereocenters. The van der Waals surface area contributed by atoms with E-state index < -0.39 is 21.5 Å². The SMILES string of the molecule is CS(=O)(=O)c1c(C2CC3CCC(C2)N3)nc2c(-c3ccc(-c4cccc(F)c4F)nc3)cnn2c1N. The molecule has 36 heavy (non-hydrogen) atoms. The van der Waals surface area contributed by atoms with Crippen LogP contribution in [0.4, 0.5) is 14.6 Å². The molecule has 8 nitrogen and oxygen atoms in total. The van der Waals surface area contributed by atoms with Gasteiger partial charge in [0.25, 0.3) is 0 Å². The molecule has 5 heterocycles. The minimum absolute atomic E-state index is 0.0287. The maximum absolute atomic E-state index is 14.2. The second-order valence-electron chi connectivity index (χ2n) is 9.62. The van der Waals surface area contributed by atoms with Crippen LogP contribution in [-0.4, -0.2) is 46.3 Å². The molecule has 0 aliphatic carbocycles.